The molecule has 4 aromatic rings. The van der Waals surface area contributed by atoms with Gasteiger partial charge in [-0.15, -0.1) is 0 Å². The number of para-hydroxylation sites is 1. The maximum absolute atomic E-state index is 9.11. The number of nitrogens with one attached hydrogen (secondary N) is 2. The van der Waals surface area contributed by atoms with Crippen LogP contribution < -0.4 is 10.6 Å². The topological polar surface area (TPSA) is 73.6 Å². The van der Waals surface area contributed by atoms with Crippen molar-refractivity contribution in [2.24, 2.45) is 0 Å². The molecule has 0 unspecified atom stereocenters. The molecule has 4 rings (SSSR count). The molecule has 0 bridgehead atoms. The molecule has 1 heterocycles. The maximum Gasteiger partial charge on any atom is 0.229 e. The van der Waals surface area contributed by atoms with E-state index >= 15 is 0 Å². The largest absolute Gasteiger partial charge is 0.340 e. The smallest absolute Gasteiger partial charge is 0.229 e. The molecule has 28 heavy (non-hydrogen) atoms. The predicted octanol–water partition coefficient (Wildman–Crippen LogP) is 5.50. The Hall–Kier alpha value is -4.17. The Morgan fingerprint density at radius 3 is 2.14 bits per heavy atom. The van der Waals surface area contributed by atoms with Crippen molar-refractivity contribution in [3.05, 3.63) is 96.6 Å². The molecule has 0 amide bonds. The van der Waals surface area contributed by atoms with Gasteiger partial charge in [-0.05, 0) is 30.3 Å². The van der Waals surface area contributed by atoms with Crippen molar-refractivity contribution in [1.82, 2.24) is 9.97 Å². The fourth-order valence-electron chi connectivity index (χ4n) is 2.79. The summed E-state index contributed by atoms with van der Waals surface area (Å²) in [5, 5.41) is 15.6. The van der Waals surface area contributed by atoms with Crippen LogP contribution in [0.5, 0.6) is 0 Å². The molecule has 3 aromatic carbocycles. The highest BCUT2D eigenvalue weighted by molar-refractivity contribution is 5.69. The first-order valence-electron chi connectivity index (χ1n) is 8.84. The Morgan fingerprint density at radius 1 is 0.679 bits per heavy atom. The van der Waals surface area contributed by atoms with Crippen molar-refractivity contribution in [2.45, 2.75) is 0 Å². The van der Waals surface area contributed by atoms with Crippen LogP contribution in [0, 0.1) is 11.3 Å². The number of nitriles is 1. The Morgan fingerprint density at radius 2 is 1.39 bits per heavy atom. The minimum Gasteiger partial charge on any atom is -0.340 e. The third-order valence-corrected chi connectivity index (χ3v) is 4.09. The molecule has 0 saturated carbocycles. The molecule has 0 radical (unpaired) electrons. The molecule has 5 heteroatoms. The monoisotopic (exact) mass is 363 g/mol. The molecule has 2 N–H and O–H groups in total. The lowest BCUT2D eigenvalue weighted by Gasteiger charge is -2.12. The van der Waals surface area contributed by atoms with Gasteiger partial charge in [0.1, 0.15) is 5.82 Å². The van der Waals surface area contributed by atoms with Crippen molar-refractivity contribution >= 4 is 23.1 Å². The van der Waals surface area contributed by atoms with Gasteiger partial charge in [0.25, 0.3) is 0 Å². The Labute approximate surface area is 163 Å². The van der Waals surface area contributed by atoms with Crippen LogP contribution in [-0.4, -0.2) is 9.97 Å². The van der Waals surface area contributed by atoms with Crippen molar-refractivity contribution < 1.29 is 0 Å². The number of aromatic nitrogens is 2. The first-order valence-corrected chi connectivity index (χ1v) is 8.84. The van der Waals surface area contributed by atoms with Crippen LogP contribution in [0.2, 0.25) is 0 Å². The zero-order chi connectivity index (χ0) is 19.2. The van der Waals surface area contributed by atoms with Crippen molar-refractivity contribution in [3.63, 3.8) is 0 Å². The second-order valence-electron chi connectivity index (χ2n) is 6.14. The van der Waals surface area contributed by atoms with Gasteiger partial charge in [0.05, 0.1) is 17.3 Å². The molecular formula is C23H17N5. The van der Waals surface area contributed by atoms with Gasteiger partial charge in [0.15, 0.2) is 0 Å². The normalized spacial score (nSPS) is 10.1. The van der Waals surface area contributed by atoms with Gasteiger partial charge >= 0.3 is 0 Å². The van der Waals surface area contributed by atoms with Gasteiger partial charge in [0, 0.05) is 23.0 Å². The highest BCUT2D eigenvalue weighted by Crippen LogP contribution is 2.25. The lowest BCUT2D eigenvalue weighted by molar-refractivity contribution is 1.17. The number of anilines is 4. The van der Waals surface area contributed by atoms with Gasteiger partial charge in [-0.3, -0.25) is 0 Å². The van der Waals surface area contributed by atoms with E-state index in [1.54, 1.807) is 12.1 Å². The minimum atomic E-state index is 0.454. The van der Waals surface area contributed by atoms with E-state index in [0.717, 1.165) is 22.6 Å². The molecule has 0 aliphatic rings. The lowest BCUT2D eigenvalue weighted by atomic mass is 10.1. The van der Waals surface area contributed by atoms with Crippen LogP contribution in [0.1, 0.15) is 5.56 Å². The molecule has 0 aliphatic carbocycles. The second-order valence-corrected chi connectivity index (χ2v) is 6.14. The summed E-state index contributed by atoms with van der Waals surface area (Å²) in [4.78, 5) is 9.24. The van der Waals surface area contributed by atoms with E-state index in [2.05, 4.69) is 26.7 Å². The average molecular weight is 363 g/mol. The zero-order valence-corrected chi connectivity index (χ0v) is 15.0. The summed E-state index contributed by atoms with van der Waals surface area (Å²) in [5.74, 6) is 1.13. The highest BCUT2D eigenvalue weighted by Gasteiger charge is 2.08. The summed E-state index contributed by atoms with van der Waals surface area (Å²) in [6, 6.07) is 31.1. The standard InChI is InChI=1S/C23H17N5/c24-16-17-8-7-13-20(14-17)26-23-27-21(18-9-3-1-4-10-18)15-22(28-23)25-19-11-5-2-6-12-19/h1-15H,(H2,25,26,27,28). The maximum atomic E-state index is 9.11. The Bertz CT molecular complexity index is 1120. The first kappa shape index (κ1) is 17.3. The van der Waals surface area contributed by atoms with E-state index < -0.39 is 0 Å². The summed E-state index contributed by atoms with van der Waals surface area (Å²) < 4.78 is 0. The van der Waals surface area contributed by atoms with E-state index in [-0.39, 0.29) is 0 Å². The van der Waals surface area contributed by atoms with E-state index in [4.69, 9.17) is 5.26 Å². The van der Waals surface area contributed by atoms with Crippen LogP contribution in [0.3, 0.4) is 0 Å². The van der Waals surface area contributed by atoms with Crippen molar-refractivity contribution in [2.75, 3.05) is 10.6 Å². The summed E-state index contributed by atoms with van der Waals surface area (Å²) in [7, 11) is 0. The fraction of sp³-hybridized carbons (Fsp3) is 0. The van der Waals surface area contributed by atoms with E-state index in [1.807, 2.05) is 78.9 Å². The number of benzene rings is 3. The van der Waals surface area contributed by atoms with E-state index in [1.165, 1.54) is 0 Å². The zero-order valence-electron chi connectivity index (χ0n) is 15.0. The minimum absolute atomic E-state index is 0.454. The number of rotatable bonds is 5. The molecule has 0 aliphatic heterocycles. The van der Waals surface area contributed by atoms with E-state index in [0.29, 0.717) is 17.3 Å². The van der Waals surface area contributed by atoms with Crippen LogP contribution in [0.15, 0.2) is 91.0 Å². The summed E-state index contributed by atoms with van der Waals surface area (Å²) in [6.45, 7) is 0. The Balaban J connectivity index is 1.72. The lowest BCUT2D eigenvalue weighted by Crippen LogP contribution is -2.02. The van der Waals surface area contributed by atoms with Crippen LogP contribution >= 0.6 is 0 Å². The Kier molecular flexibility index (Phi) is 4.94. The van der Waals surface area contributed by atoms with Crippen LogP contribution in [-0.2, 0) is 0 Å². The average Bonchev–Trinajstić information content (AvgIpc) is 2.75. The summed E-state index contributed by atoms with van der Waals surface area (Å²) in [6.07, 6.45) is 0. The molecule has 0 atom stereocenters. The van der Waals surface area contributed by atoms with Crippen molar-refractivity contribution in [1.29, 1.82) is 5.26 Å². The van der Waals surface area contributed by atoms with Gasteiger partial charge in [-0.2, -0.15) is 10.2 Å². The second kappa shape index (κ2) is 8.02. The van der Waals surface area contributed by atoms with Crippen LogP contribution in [0.4, 0.5) is 23.1 Å². The fourth-order valence-corrected chi connectivity index (χ4v) is 2.79. The van der Waals surface area contributed by atoms with E-state index in [9.17, 15) is 0 Å². The van der Waals surface area contributed by atoms with Gasteiger partial charge in [0.2, 0.25) is 5.95 Å². The molecule has 5 nitrogen and oxygen atoms in total. The number of hydrogen-bond acceptors (Lipinski definition) is 5. The molecule has 134 valence electrons. The van der Waals surface area contributed by atoms with Gasteiger partial charge in [-0.25, -0.2) is 4.98 Å². The van der Waals surface area contributed by atoms with Crippen molar-refractivity contribution in [3.8, 4) is 17.3 Å². The predicted molar refractivity (Wildman–Crippen MR) is 112 cm³/mol. The molecule has 1 aromatic heterocycles. The third kappa shape index (κ3) is 4.14. The highest BCUT2D eigenvalue weighted by atomic mass is 15.1. The quantitative estimate of drug-likeness (QED) is 0.489. The number of hydrogen-bond donors (Lipinski definition) is 2. The number of nitrogens with zero attached hydrogens (tertiary/aromatic N) is 3. The molecule has 0 saturated heterocycles. The molecule has 0 spiro atoms. The van der Waals surface area contributed by atoms with Gasteiger partial charge in [-0.1, -0.05) is 54.6 Å². The van der Waals surface area contributed by atoms with Crippen LogP contribution in [0.25, 0.3) is 11.3 Å². The van der Waals surface area contributed by atoms with Gasteiger partial charge < -0.3 is 10.6 Å². The molecule has 0 fully saturated rings. The molecular weight excluding hydrogens is 346 g/mol. The summed E-state index contributed by atoms with van der Waals surface area (Å²) in [5.41, 5.74) is 4.07. The SMILES string of the molecule is N#Cc1cccc(Nc2nc(Nc3ccccc3)cc(-c3ccccc3)n2)c1. The summed E-state index contributed by atoms with van der Waals surface area (Å²) >= 11 is 0. The first-order chi connectivity index (χ1) is 13.8. The third-order valence-electron chi connectivity index (χ3n) is 4.09.